The number of hydrogen-bond donors (Lipinski definition) is 1. The van der Waals surface area contributed by atoms with Gasteiger partial charge in [-0.25, -0.2) is 4.98 Å². The number of fused-ring (bicyclic) bond motifs is 1. The molecule has 0 spiro atoms. The summed E-state index contributed by atoms with van der Waals surface area (Å²) in [4.78, 5) is 17.3. The molecule has 1 aromatic rings. The first-order valence-corrected chi connectivity index (χ1v) is 3.87. The quantitative estimate of drug-likeness (QED) is 0.519. The summed E-state index contributed by atoms with van der Waals surface area (Å²) >= 11 is 4.83. The minimum Gasteiger partial charge on any atom is -0.370 e. The van der Waals surface area contributed by atoms with Crippen LogP contribution in [0.25, 0.3) is 0 Å². The summed E-state index contributed by atoms with van der Waals surface area (Å²) < 4.78 is 5.47. The third kappa shape index (κ3) is 1.07. The Bertz CT molecular complexity index is 385. The van der Waals surface area contributed by atoms with Gasteiger partial charge in [-0.05, 0) is 12.2 Å². The van der Waals surface area contributed by atoms with E-state index in [0.717, 1.165) is 11.3 Å². The zero-order valence-corrected chi connectivity index (χ0v) is 6.98. The van der Waals surface area contributed by atoms with E-state index in [1.54, 1.807) is 0 Å². The summed E-state index contributed by atoms with van der Waals surface area (Å²) in [7, 11) is 0. The van der Waals surface area contributed by atoms with E-state index in [-0.39, 0.29) is 0 Å². The number of aldehydes is 1. The largest absolute Gasteiger partial charge is 0.370 e. The van der Waals surface area contributed by atoms with Crippen LogP contribution in [0.15, 0.2) is 0 Å². The lowest BCUT2D eigenvalue weighted by Gasteiger charge is -1.97. The Morgan fingerprint density at radius 2 is 2.42 bits per heavy atom. The van der Waals surface area contributed by atoms with Gasteiger partial charge in [0.05, 0.1) is 18.9 Å². The van der Waals surface area contributed by atoms with Gasteiger partial charge in [0.2, 0.25) is 0 Å². The molecule has 0 aliphatic carbocycles. The number of carbonyl (C=O) groups is 1. The minimum atomic E-state index is 0.335. The molecule has 4 nitrogen and oxygen atoms in total. The van der Waals surface area contributed by atoms with Crippen molar-refractivity contribution in [2.45, 2.75) is 13.2 Å². The molecule has 62 valence electrons. The molecule has 12 heavy (non-hydrogen) atoms. The number of aromatic nitrogens is 2. The lowest BCUT2D eigenvalue weighted by Crippen LogP contribution is -1.99. The predicted octanol–water partition coefficient (Wildman–Crippen LogP) is 0.982. The molecule has 0 saturated carbocycles. The number of hydrogen-bond acceptors (Lipinski definition) is 4. The van der Waals surface area contributed by atoms with Gasteiger partial charge in [-0.15, -0.1) is 0 Å². The van der Waals surface area contributed by atoms with Gasteiger partial charge in [0.15, 0.2) is 11.1 Å². The van der Waals surface area contributed by atoms with Crippen LogP contribution < -0.4 is 0 Å². The van der Waals surface area contributed by atoms with E-state index in [2.05, 4.69) is 9.97 Å². The van der Waals surface area contributed by atoms with E-state index in [9.17, 15) is 4.79 Å². The van der Waals surface area contributed by atoms with Crippen LogP contribution in [0, 0.1) is 4.77 Å². The third-order valence-electron chi connectivity index (χ3n) is 1.76. The second kappa shape index (κ2) is 2.76. The van der Waals surface area contributed by atoms with Gasteiger partial charge in [0.25, 0.3) is 0 Å². The Kier molecular flexibility index (Phi) is 1.74. The van der Waals surface area contributed by atoms with Crippen LogP contribution in [0.3, 0.4) is 0 Å². The average Bonchev–Trinajstić information content (AvgIpc) is 2.50. The normalized spacial score (nSPS) is 14.3. The van der Waals surface area contributed by atoms with Gasteiger partial charge >= 0.3 is 0 Å². The van der Waals surface area contributed by atoms with Gasteiger partial charge in [-0.2, -0.15) is 0 Å². The van der Waals surface area contributed by atoms with Gasteiger partial charge in [0.1, 0.15) is 5.69 Å². The lowest BCUT2D eigenvalue weighted by atomic mass is 10.2. The smallest absolute Gasteiger partial charge is 0.197 e. The maximum atomic E-state index is 10.5. The summed E-state index contributed by atoms with van der Waals surface area (Å²) in [6.07, 6.45) is 0.706. The molecule has 0 bridgehead atoms. The van der Waals surface area contributed by atoms with Crippen molar-refractivity contribution in [1.82, 2.24) is 9.97 Å². The highest BCUT2D eigenvalue weighted by Gasteiger charge is 2.16. The van der Waals surface area contributed by atoms with Gasteiger partial charge < -0.3 is 9.72 Å². The highest BCUT2D eigenvalue weighted by atomic mass is 32.1. The summed E-state index contributed by atoms with van der Waals surface area (Å²) in [5.41, 5.74) is 2.10. The molecule has 0 saturated heterocycles. The molecular weight excluding hydrogens is 176 g/mol. The zero-order valence-electron chi connectivity index (χ0n) is 6.16. The molecule has 1 aliphatic heterocycles. The lowest BCUT2D eigenvalue weighted by molar-refractivity contribution is 0.111. The van der Waals surface area contributed by atoms with Crippen molar-refractivity contribution in [2.24, 2.45) is 0 Å². The van der Waals surface area contributed by atoms with Crippen LogP contribution >= 0.6 is 12.2 Å². The van der Waals surface area contributed by atoms with Gasteiger partial charge in [-0.3, -0.25) is 4.79 Å². The number of rotatable bonds is 1. The predicted molar refractivity (Wildman–Crippen MR) is 43.3 cm³/mol. The molecule has 0 fully saturated rings. The number of H-pyrrole nitrogens is 1. The molecule has 2 rings (SSSR count). The summed E-state index contributed by atoms with van der Waals surface area (Å²) in [5.74, 6) is 0. The topological polar surface area (TPSA) is 55.0 Å². The maximum absolute atomic E-state index is 10.5. The van der Waals surface area contributed by atoms with Crippen molar-refractivity contribution in [3.05, 3.63) is 21.7 Å². The van der Waals surface area contributed by atoms with E-state index in [1.165, 1.54) is 0 Å². The van der Waals surface area contributed by atoms with E-state index in [1.807, 2.05) is 0 Å². The molecule has 0 radical (unpaired) electrons. The molecule has 0 aromatic carbocycles. The Balaban J connectivity index is 2.70. The Labute approximate surface area is 73.6 Å². The first-order valence-electron chi connectivity index (χ1n) is 3.46. The van der Waals surface area contributed by atoms with Crippen LogP contribution in [-0.2, 0) is 18.0 Å². The summed E-state index contributed by atoms with van der Waals surface area (Å²) in [5, 5.41) is 0. The fraction of sp³-hybridized carbons (Fsp3) is 0.286. The first kappa shape index (κ1) is 7.57. The maximum Gasteiger partial charge on any atom is 0.197 e. The van der Waals surface area contributed by atoms with E-state index in [0.29, 0.717) is 30.0 Å². The number of carbonyl (C=O) groups excluding carboxylic acids is 1. The minimum absolute atomic E-state index is 0.335. The van der Waals surface area contributed by atoms with E-state index >= 15 is 0 Å². The average molecular weight is 182 g/mol. The molecule has 2 heterocycles. The fourth-order valence-electron chi connectivity index (χ4n) is 1.20. The van der Waals surface area contributed by atoms with Crippen molar-refractivity contribution in [2.75, 3.05) is 0 Å². The SMILES string of the molecule is O=Cc1nc(=S)[nH]c2c1COC2. The summed E-state index contributed by atoms with van der Waals surface area (Å²) in [6.45, 7) is 0.935. The van der Waals surface area contributed by atoms with E-state index in [4.69, 9.17) is 17.0 Å². The standard InChI is InChI=1S/C7H6N2O2S/c10-1-5-4-2-11-3-6(4)9-7(12)8-5/h1H,2-3H2,(H,8,9,12). The van der Waals surface area contributed by atoms with Crippen molar-refractivity contribution < 1.29 is 9.53 Å². The monoisotopic (exact) mass is 182 g/mol. The second-order valence-corrected chi connectivity index (χ2v) is 2.88. The molecule has 1 aliphatic rings. The summed E-state index contributed by atoms with van der Waals surface area (Å²) in [6, 6.07) is 0. The van der Waals surface area contributed by atoms with Crippen molar-refractivity contribution in [3.8, 4) is 0 Å². The number of ether oxygens (including phenoxy) is 1. The molecular formula is C7H6N2O2S. The van der Waals surface area contributed by atoms with Crippen molar-refractivity contribution in [1.29, 1.82) is 0 Å². The molecule has 5 heteroatoms. The van der Waals surface area contributed by atoms with Crippen LogP contribution in [0.2, 0.25) is 0 Å². The van der Waals surface area contributed by atoms with E-state index < -0.39 is 0 Å². The highest BCUT2D eigenvalue weighted by molar-refractivity contribution is 7.71. The number of nitrogens with one attached hydrogen (secondary N) is 1. The molecule has 0 unspecified atom stereocenters. The zero-order chi connectivity index (χ0) is 8.55. The van der Waals surface area contributed by atoms with Crippen LogP contribution in [0.1, 0.15) is 21.7 Å². The highest BCUT2D eigenvalue weighted by Crippen LogP contribution is 2.18. The van der Waals surface area contributed by atoms with Gasteiger partial charge in [-0.1, -0.05) is 0 Å². The number of nitrogens with zero attached hydrogens (tertiary/aromatic N) is 1. The second-order valence-electron chi connectivity index (χ2n) is 2.49. The fourth-order valence-corrected chi connectivity index (χ4v) is 1.42. The Hall–Kier alpha value is -1.07. The number of aromatic amines is 1. The third-order valence-corrected chi connectivity index (χ3v) is 1.95. The first-order chi connectivity index (χ1) is 5.81. The Morgan fingerprint density at radius 1 is 1.58 bits per heavy atom. The van der Waals surface area contributed by atoms with Crippen molar-refractivity contribution >= 4 is 18.5 Å². The molecule has 0 amide bonds. The molecule has 1 N–H and O–H groups in total. The van der Waals surface area contributed by atoms with Crippen LogP contribution in [0.5, 0.6) is 0 Å². The van der Waals surface area contributed by atoms with Crippen molar-refractivity contribution in [3.63, 3.8) is 0 Å². The van der Waals surface area contributed by atoms with Crippen LogP contribution in [-0.4, -0.2) is 16.3 Å². The molecule has 1 aromatic heterocycles. The van der Waals surface area contributed by atoms with Crippen LogP contribution in [0.4, 0.5) is 0 Å². The Morgan fingerprint density at radius 3 is 3.17 bits per heavy atom. The van der Waals surface area contributed by atoms with Gasteiger partial charge in [0, 0.05) is 5.56 Å². The molecule has 0 atom stereocenters.